The first-order valence-corrected chi connectivity index (χ1v) is 7.48. The molecule has 3 nitrogen and oxygen atoms in total. The molecule has 1 fully saturated rings. The maximum atomic E-state index is 11.8. The first-order chi connectivity index (χ1) is 7.33. The fourth-order valence-corrected chi connectivity index (χ4v) is 3.51. The summed E-state index contributed by atoms with van der Waals surface area (Å²) in [6.45, 7) is 10.5. The fraction of sp³-hybridized carbons (Fsp3) is 1.00. The van der Waals surface area contributed by atoms with Crippen LogP contribution in [0.4, 0.5) is 0 Å². The summed E-state index contributed by atoms with van der Waals surface area (Å²) in [6.07, 6.45) is 1.56. The summed E-state index contributed by atoms with van der Waals surface area (Å²) >= 11 is 0. The summed E-state index contributed by atoms with van der Waals surface area (Å²) < 4.78 is 11.6. The van der Waals surface area contributed by atoms with E-state index < -0.39 is 16.4 Å². The molecular formula is C12H25NO2S. The highest BCUT2D eigenvalue weighted by atomic mass is 32.2. The van der Waals surface area contributed by atoms with Gasteiger partial charge in [-0.05, 0) is 26.7 Å². The fourth-order valence-electron chi connectivity index (χ4n) is 2.20. The van der Waals surface area contributed by atoms with Gasteiger partial charge >= 0.3 is 0 Å². The molecule has 1 unspecified atom stereocenters. The highest BCUT2D eigenvalue weighted by molar-refractivity contribution is 7.86. The van der Waals surface area contributed by atoms with Gasteiger partial charge in [0.1, 0.15) is 0 Å². The lowest BCUT2D eigenvalue weighted by atomic mass is 9.96. The Balaban J connectivity index is 2.60. The highest BCUT2D eigenvalue weighted by Gasteiger charge is 2.36. The predicted octanol–water partition coefficient (Wildman–Crippen LogP) is 1.38. The standard InChI is InChI=1S/C12H25NO2S/c1-5-12(14,6-2)10-13-7-8-16(15)11(3,4)9-13/h14H,5-10H2,1-4H3. The van der Waals surface area contributed by atoms with Crippen LogP contribution in [-0.4, -0.2) is 50.0 Å². The van der Waals surface area contributed by atoms with Gasteiger partial charge in [-0.15, -0.1) is 0 Å². The monoisotopic (exact) mass is 247 g/mol. The molecule has 0 aromatic carbocycles. The molecular weight excluding hydrogens is 222 g/mol. The average molecular weight is 247 g/mol. The number of hydrogen-bond acceptors (Lipinski definition) is 3. The second-order valence-corrected chi connectivity index (χ2v) is 7.66. The minimum atomic E-state index is -0.727. The van der Waals surface area contributed by atoms with E-state index in [1.54, 1.807) is 0 Å². The van der Waals surface area contributed by atoms with Crippen molar-refractivity contribution in [2.45, 2.75) is 50.9 Å². The largest absolute Gasteiger partial charge is 0.389 e. The molecule has 0 spiro atoms. The Hall–Kier alpha value is 0.0700. The molecule has 1 aliphatic rings. The molecule has 4 heteroatoms. The molecule has 1 saturated heterocycles. The molecule has 1 aliphatic heterocycles. The SMILES string of the molecule is CCC(O)(CC)CN1CCS(=O)C(C)(C)C1. The van der Waals surface area contributed by atoms with Crippen molar-refractivity contribution in [1.29, 1.82) is 0 Å². The van der Waals surface area contributed by atoms with Gasteiger partial charge in [0.15, 0.2) is 0 Å². The number of nitrogens with zero attached hydrogens (tertiary/aromatic N) is 1. The van der Waals surface area contributed by atoms with Crippen LogP contribution in [0.1, 0.15) is 40.5 Å². The lowest BCUT2D eigenvalue weighted by Crippen LogP contribution is -2.54. The maximum absolute atomic E-state index is 11.8. The number of hydrogen-bond donors (Lipinski definition) is 1. The van der Waals surface area contributed by atoms with Crippen molar-refractivity contribution in [3.8, 4) is 0 Å². The molecule has 1 heterocycles. The van der Waals surface area contributed by atoms with E-state index in [0.29, 0.717) is 6.54 Å². The van der Waals surface area contributed by atoms with E-state index in [9.17, 15) is 9.32 Å². The van der Waals surface area contributed by atoms with Crippen LogP contribution in [0.5, 0.6) is 0 Å². The highest BCUT2D eigenvalue weighted by Crippen LogP contribution is 2.23. The Labute approximate surface area is 102 Å². The smallest absolute Gasteiger partial charge is 0.0768 e. The Morgan fingerprint density at radius 1 is 1.38 bits per heavy atom. The van der Waals surface area contributed by atoms with Crippen molar-refractivity contribution in [2.75, 3.05) is 25.4 Å². The molecule has 0 aliphatic carbocycles. The van der Waals surface area contributed by atoms with Crippen LogP contribution in [0.2, 0.25) is 0 Å². The normalized spacial score (nSPS) is 26.9. The number of β-amino-alcohol motifs (C(OH)–C–C–N with tert-alkyl or cyclic N) is 1. The zero-order chi connectivity index (χ0) is 12.4. The summed E-state index contributed by atoms with van der Waals surface area (Å²) in [7, 11) is -0.727. The van der Waals surface area contributed by atoms with Gasteiger partial charge in [-0.3, -0.25) is 9.11 Å². The van der Waals surface area contributed by atoms with Crippen LogP contribution in [0.3, 0.4) is 0 Å². The van der Waals surface area contributed by atoms with Gasteiger partial charge in [0, 0.05) is 36.2 Å². The molecule has 0 amide bonds. The van der Waals surface area contributed by atoms with Crippen LogP contribution >= 0.6 is 0 Å². The van der Waals surface area contributed by atoms with E-state index in [0.717, 1.165) is 31.7 Å². The van der Waals surface area contributed by atoms with Gasteiger partial charge in [-0.2, -0.15) is 0 Å². The molecule has 16 heavy (non-hydrogen) atoms. The Kier molecular flexibility index (Phi) is 4.55. The van der Waals surface area contributed by atoms with E-state index in [2.05, 4.69) is 4.90 Å². The molecule has 0 bridgehead atoms. The third kappa shape index (κ3) is 3.28. The minimum Gasteiger partial charge on any atom is -0.389 e. The summed E-state index contributed by atoms with van der Waals surface area (Å²) in [5.41, 5.74) is -0.574. The zero-order valence-electron chi connectivity index (χ0n) is 11.0. The van der Waals surface area contributed by atoms with Crippen molar-refractivity contribution in [3.63, 3.8) is 0 Å². The maximum Gasteiger partial charge on any atom is 0.0768 e. The van der Waals surface area contributed by atoms with E-state index >= 15 is 0 Å². The van der Waals surface area contributed by atoms with Crippen molar-refractivity contribution in [3.05, 3.63) is 0 Å². The molecule has 0 saturated carbocycles. The molecule has 0 radical (unpaired) electrons. The first-order valence-electron chi connectivity index (χ1n) is 6.16. The predicted molar refractivity (Wildman–Crippen MR) is 69.1 cm³/mol. The minimum absolute atomic E-state index is 0.138. The summed E-state index contributed by atoms with van der Waals surface area (Å²) in [6, 6.07) is 0. The van der Waals surface area contributed by atoms with Crippen LogP contribution in [-0.2, 0) is 10.8 Å². The quantitative estimate of drug-likeness (QED) is 0.816. The molecule has 1 rings (SSSR count). The topological polar surface area (TPSA) is 40.5 Å². The van der Waals surface area contributed by atoms with E-state index in [1.165, 1.54) is 0 Å². The van der Waals surface area contributed by atoms with E-state index in [1.807, 2.05) is 27.7 Å². The van der Waals surface area contributed by atoms with Crippen molar-refractivity contribution >= 4 is 10.8 Å². The van der Waals surface area contributed by atoms with Gasteiger partial charge in [-0.1, -0.05) is 13.8 Å². The number of aliphatic hydroxyl groups is 1. The second-order valence-electron chi connectivity index (χ2n) is 5.45. The van der Waals surface area contributed by atoms with Gasteiger partial charge in [0.05, 0.1) is 10.3 Å². The second kappa shape index (κ2) is 5.15. The van der Waals surface area contributed by atoms with E-state index in [-0.39, 0.29) is 4.75 Å². The zero-order valence-corrected chi connectivity index (χ0v) is 11.8. The Bertz CT molecular complexity index is 262. The van der Waals surface area contributed by atoms with Crippen LogP contribution in [0.25, 0.3) is 0 Å². The lowest BCUT2D eigenvalue weighted by molar-refractivity contribution is -0.00459. The van der Waals surface area contributed by atoms with Gasteiger partial charge < -0.3 is 5.11 Å². The number of rotatable bonds is 4. The van der Waals surface area contributed by atoms with Crippen molar-refractivity contribution in [1.82, 2.24) is 4.90 Å². The average Bonchev–Trinajstić information content (AvgIpc) is 2.23. The molecule has 0 aromatic heterocycles. The third-order valence-corrected chi connectivity index (χ3v) is 5.56. The molecule has 96 valence electrons. The molecule has 0 aromatic rings. The molecule has 1 N–H and O–H groups in total. The lowest BCUT2D eigenvalue weighted by Gasteiger charge is -2.41. The van der Waals surface area contributed by atoms with Gasteiger partial charge in [0.2, 0.25) is 0 Å². The molecule has 1 atom stereocenters. The summed E-state index contributed by atoms with van der Waals surface area (Å²) in [4.78, 5) is 2.26. The van der Waals surface area contributed by atoms with Gasteiger partial charge in [0.25, 0.3) is 0 Å². The third-order valence-electron chi connectivity index (χ3n) is 3.65. The summed E-state index contributed by atoms with van der Waals surface area (Å²) in [5, 5.41) is 10.3. The van der Waals surface area contributed by atoms with E-state index in [4.69, 9.17) is 0 Å². The Morgan fingerprint density at radius 2 is 1.94 bits per heavy atom. The van der Waals surface area contributed by atoms with Gasteiger partial charge in [-0.25, -0.2) is 0 Å². The summed E-state index contributed by atoms with van der Waals surface area (Å²) in [5.74, 6) is 0.733. The van der Waals surface area contributed by atoms with Crippen molar-refractivity contribution < 1.29 is 9.32 Å². The Morgan fingerprint density at radius 3 is 2.38 bits per heavy atom. The van der Waals surface area contributed by atoms with Crippen molar-refractivity contribution in [2.24, 2.45) is 0 Å². The van der Waals surface area contributed by atoms with Crippen LogP contribution in [0, 0.1) is 0 Å². The van der Waals surface area contributed by atoms with Crippen LogP contribution < -0.4 is 0 Å². The van der Waals surface area contributed by atoms with Crippen LogP contribution in [0.15, 0.2) is 0 Å². The first kappa shape index (κ1) is 14.1.